The van der Waals surface area contributed by atoms with Crippen LogP contribution in [0.2, 0.25) is 5.02 Å². The van der Waals surface area contributed by atoms with Crippen molar-refractivity contribution in [3.8, 4) is 0 Å². The van der Waals surface area contributed by atoms with Crippen LogP contribution in [0.15, 0.2) is 24.3 Å². The highest BCUT2D eigenvalue weighted by atomic mass is 35.5. The smallest absolute Gasteiger partial charge is 0.254 e. The highest BCUT2D eigenvalue weighted by Gasteiger charge is 2.03. The third-order valence-electron chi connectivity index (χ3n) is 1.09. The minimum absolute atomic E-state index is 0. The Hall–Kier alpha value is -0.330. The van der Waals surface area contributed by atoms with Gasteiger partial charge in [-0.1, -0.05) is 23.7 Å². The van der Waals surface area contributed by atoms with Gasteiger partial charge in [0, 0.05) is 0 Å². The number of hydrogen-bond acceptors (Lipinski definition) is 3. The van der Waals surface area contributed by atoms with Crippen molar-refractivity contribution in [2.75, 3.05) is 0 Å². The Morgan fingerprint density at radius 1 is 1.27 bits per heavy atom. The molecule has 1 aromatic rings. The number of halogens is 3. The van der Waals surface area contributed by atoms with Gasteiger partial charge in [0.25, 0.3) is 16.2 Å². The van der Waals surface area contributed by atoms with Gasteiger partial charge in [-0.3, -0.25) is 9.35 Å². The summed E-state index contributed by atoms with van der Waals surface area (Å²) >= 11 is 10.8. The van der Waals surface area contributed by atoms with Crippen LogP contribution in [0, 0.1) is 0 Å². The van der Waals surface area contributed by atoms with Gasteiger partial charge in [0.05, 0.1) is 10.6 Å². The Morgan fingerprint density at radius 3 is 1.93 bits per heavy atom. The van der Waals surface area contributed by atoms with Gasteiger partial charge in [-0.15, -0.1) is 12.4 Å². The van der Waals surface area contributed by atoms with Crippen molar-refractivity contribution in [1.82, 2.24) is 0 Å². The first kappa shape index (κ1) is 17.1. The molecule has 0 aromatic heterocycles. The Morgan fingerprint density at radius 2 is 1.67 bits per heavy atom. The molecule has 0 aliphatic rings. The van der Waals surface area contributed by atoms with E-state index in [1.54, 1.807) is 24.3 Å². The maximum atomic E-state index is 10.5. The number of thiol groups is 1. The van der Waals surface area contributed by atoms with E-state index in [1.807, 2.05) is 0 Å². The monoisotopic (exact) mass is 292 g/mol. The Bertz CT molecular complexity index is 384. The Balaban J connectivity index is 0. The second-order valence-corrected chi connectivity index (χ2v) is 3.22. The summed E-state index contributed by atoms with van der Waals surface area (Å²) < 4.78 is 24.2. The molecule has 0 radical (unpaired) electrons. The van der Waals surface area contributed by atoms with E-state index in [0.29, 0.717) is 10.6 Å². The average molecular weight is 294 g/mol. The number of carbonyl (C=O) groups excluding carboxylic acids is 1. The van der Waals surface area contributed by atoms with E-state index in [2.05, 4.69) is 0 Å². The molecule has 86 valence electrons. The van der Waals surface area contributed by atoms with Gasteiger partial charge in [0.15, 0.2) is 0 Å². The molecule has 0 aliphatic heterocycles. The third-order valence-corrected chi connectivity index (χ3v) is 1.62. The van der Waals surface area contributed by atoms with Crippen molar-refractivity contribution in [2.24, 2.45) is 0 Å². The summed E-state index contributed by atoms with van der Waals surface area (Å²) in [5.74, 6) is 0. The Labute approximate surface area is 104 Å². The first-order valence-corrected chi connectivity index (χ1v) is 5.11. The maximum Gasteiger partial charge on any atom is 0.254 e. The molecule has 4 nitrogen and oxygen atoms in total. The van der Waals surface area contributed by atoms with Gasteiger partial charge in [-0.2, -0.15) is 0 Å². The summed E-state index contributed by atoms with van der Waals surface area (Å²) in [6, 6.07) is 6.65. The zero-order valence-corrected chi connectivity index (χ0v) is 10.3. The fourth-order valence-corrected chi connectivity index (χ4v) is 1.06. The molecule has 0 atom stereocenters. The zero-order valence-electron chi connectivity index (χ0n) is 7.09. The highest BCUT2D eigenvalue weighted by Crippen LogP contribution is 2.16. The van der Waals surface area contributed by atoms with Crippen molar-refractivity contribution in [3.05, 3.63) is 34.9 Å². The zero-order chi connectivity index (χ0) is 11.1. The molecule has 0 saturated carbocycles. The highest BCUT2D eigenvalue weighted by molar-refractivity contribution is 7.66. The Kier molecular flexibility index (Phi) is 10.2. The fourth-order valence-electron chi connectivity index (χ4n) is 0.621. The molecule has 0 fully saturated rings. The lowest BCUT2D eigenvalue weighted by molar-refractivity contribution is 0.108. The van der Waals surface area contributed by atoms with E-state index < -0.39 is 16.2 Å². The molecule has 1 rings (SSSR count). The van der Waals surface area contributed by atoms with Gasteiger partial charge < -0.3 is 0 Å². The van der Waals surface area contributed by atoms with E-state index in [9.17, 15) is 4.79 Å². The summed E-state index contributed by atoms with van der Waals surface area (Å²) in [5, 5.41) is -0.131. The lowest BCUT2D eigenvalue weighted by atomic mass is 10.2. The lowest BCUT2D eigenvalue weighted by Gasteiger charge is -1.93. The lowest BCUT2D eigenvalue weighted by Crippen LogP contribution is -1.87. The molecule has 0 unspecified atom stereocenters. The van der Waals surface area contributed by atoms with E-state index in [0.717, 1.165) is 0 Å². The van der Waals surface area contributed by atoms with Crippen molar-refractivity contribution in [3.63, 3.8) is 0 Å². The van der Waals surface area contributed by atoms with Crippen molar-refractivity contribution < 1.29 is 17.8 Å². The van der Waals surface area contributed by atoms with E-state index in [4.69, 9.17) is 36.2 Å². The summed E-state index contributed by atoms with van der Waals surface area (Å²) in [4.78, 5) is 10.5. The topological polar surface area (TPSA) is 71.4 Å². The van der Waals surface area contributed by atoms with Crippen LogP contribution >= 0.6 is 35.6 Å². The molecule has 0 aliphatic carbocycles. The molecule has 0 spiro atoms. The summed E-state index contributed by atoms with van der Waals surface area (Å²) in [5.41, 5.74) is 0.353. The van der Waals surface area contributed by atoms with E-state index in [1.165, 1.54) is 0 Å². The second-order valence-electron chi connectivity index (χ2n) is 1.99. The standard InChI is InChI=1S/C7H4Cl2O.ClH.H2O3S/c8-6-4-2-1-3-5(6)7(9)10;;1-4(2)3/h1-4H;1H;4H,(H,1,2,3). The van der Waals surface area contributed by atoms with Gasteiger partial charge in [-0.05, 0) is 23.7 Å². The number of rotatable bonds is 1. The molecule has 0 amide bonds. The number of carbonyl (C=O) groups is 1. The molecular formula is C7H7Cl3O4S. The van der Waals surface area contributed by atoms with E-state index in [-0.39, 0.29) is 12.4 Å². The normalized spacial score (nSPS) is 8.53. The molecule has 1 N–H and O–H groups in total. The SMILES string of the molecule is Cl.O=C(Cl)c1ccccc1Cl.O=[SH](=O)O. The predicted octanol–water partition coefficient (Wildman–Crippen LogP) is 2.21. The minimum atomic E-state index is -3.12. The molecule has 0 saturated heterocycles. The third kappa shape index (κ3) is 8.65. The summed E-state index contributed by atoms with van der Waals surface area (Å²) in [6.07, 6.45) is 0. The average Bonchev–Trinajstić information content (AvgIpc) is 2.03. The molecule has 8 heteroatoms. The van der Waals surface area contributed by atoms with Crippen LogP contribution in [-0.4, -0.2) is 18.2 Å². The van der Waals surface area contributed by atoms with Gasteiger partial charge >= 0.3 is 0 Å². The van der Waals surface area contributed by atoms with Crippen molar-refractivity contribution in [1.29, 1.82) is 0 Å². The molecule has 1 aromatic carbocycles. The molecule has 0 heterocycles. The van der Waals surface area contributed by atoms with Gasteiger partial charge in [0.1, 0.15) is 0 Å². The second kappa shape index (κ2) is 8.94. The molecule has 0 bridgehead atoms. The van der Waals surface area contributed by atoms with Gasteiger partial charge in [0.2, 0.25) is 0 Å². The van der Waals surface area contributed by atoms with Crippen LogP contribution in [0.25, 0.3) is 0 Å². The van der Waals surface area contributed by atoms with E-state index >= 15 is 0 Å². The minimum Gasteiger partial charge on any atom is -0.288 e. The van der Waals surface area contributed by atoms with Crippen LogP contribution in [0.4, 0.5) is 0 Å². The fraction of sp³-hybridized carbons (Fsp3) is 0. The van der Waals surface area contributed by atoms with Crippen LogP contribution in [0.5, 0.6) is 0 Å². The first-order chi connectivity index (χ1) is 6.45. The van der Waals surface area contributed by atoms with Crippen LogP contribution in [0.1, 0.15) is 10.4 Å². The predicted molar refractivity (Wildman–Crippen MR) is 61.8 cm³/mol. The maximum absolute atomic E-state index is 10.5. The summed E-state index contributed by atoms with van der Waals surface area (Å²) in [7, 11) is -3.12. The summed E-state index contributed by atoms with van der Waals surface area (Å²) in [6.45, 7) is 0. The molecular weight excluding hydrogens is 286 g/mol. The van der Waals surface area contributed by atoms with Crippen LogP contribution in [-0.2, 0) is 11.0 Å². The van der Waals surface area contributed by atoms with Crippen LogP contribution < -0.4 is 0 Å². The van der Waals surface area contributed by atoms with Crippen molar-refractivity contribution >= 4 is 51.8 Å². The first-order valence-electron chi connectivity index (χ1n) is 3.22. The van der Waals surface area contributed by atoms with Gasteiger partial charge in [-0.25, -0.2) is 8.42 Å². The van der Waals surface area contributed by atoms with Crippen molar-refractivity contribution in [2.45, 2.75) is 0 Å². The number of benzene rings is 1. The largest absolute Gasteiger partial charge is 0.288 e. The molecule has 15 heavy (non-hydrogen) atoms. The van der Waals surface area contributed by atoms with Crippen LogP contribution in [0.3, 0.4) is 0 Å². The quantitative estimate of drug-likeness (QED) is 0.473. The number of hydrogen-bond donors (Lipinski definition) is 2.